The number of carbonyl (C=O) groups is 1. The predicted octanol–water partition coefficient (Wildman–Crippen LogP) is 5.34. The number of benzene rings is 3. The van der Waals surface area contributed by atoms with Crippen molar-refractivity contribution in [1.82, 2.24) is 14.8 Å². The van der Waals surface area contributed by atoms with Gasteiger partial charge in [0.15, 0.2) is 11.5 Å². The van der Waals surface area contributed by atoms with E-state index in [1.807, 2.05) is 90.6 Å². The Bertz CT molecular complexity index is 1530. The molecule has 0 bridgehead atoms. The standard InChI is InChI=1S/C30H27N3O3S/c1-32(2)30(37)24-17-22-21-10-6-7-11-23(21)31-28(22)29(20-13-14-25-26(16-20)36-18-35-25)33(24)27(34)15-12-19-8-4-3-5-9-19/h3-16,24,29,31H,17-18H2,1-2H3/t24-,29-/m1/s1. The highest BCUT2D eigenvalue weighted by atomic mass is 32.1. The number of ether oxygens (including phenoxy) is 2. The maximum Gasteiger partial charge on any atom is 0.248 e. The molecule has 0 saturated carbocycles. The summed E-state index contributed by atoms with van der Waals surface area (Å²) >= 11 is 5.93. The molecule has 186 valence electrons. The molecular formula is C30H27N3O3S. The van der Waals surface area contributed by atoms with Gasteiger partial charge in [0.1, 0.15) is 4.99 Å². The van der Waals surface area contributed by atoms with E-state index in [9.17, 15) is 4.79 Å². The third-order valence-corrected chi connectivity index (χ3v) is 7.68. The lowest BCUT2D eigenvalue weighted by atomic mass is 9.87. The number of hydrogen-bond acceptors (Lipinski definition) is 4. The minimum atomic E-state index is -0.388. The van der Waals surface area contributed by atoms with Crippen LogP contribution < -0.4 is 9.47 Å². The van der Waals surface area contributed by atoms with E-state index in [-0.39, 0.29) is 24.8 Å². The van der Waals surface area contributed by atoms with Crippen LogP contribution in [0.2, 0.25) is 0 Å². The molecule has 37 heavy (non-hydrogen) atoms. The lowest BCUT2D eigenvalue weighted by Crippen LogP contribution is -2.53. The Hall–Kier alpha value is -4.10. The lowest BCUT2D eigenvalue weighted by Gasteiger charge is -2.43. The van der Waals surface area contributed by atoms with E-state index in [1.165, 1.54) is 5.56 Å². The predicted molar refractivity (Wildman–Crippen MR) is 149 cm³/mol. The monoisotopic (exact) mass is 509 g/mol. The summed E-state index contributed by atoms with van der Waals surface area (Å²) in [6.45, 7) is 0.191. The molecule has 0 fully saturated rings. The summed E-state index contributed by atoms with van der Waals surface area (Å²) in [6, 6.07) is 23.3. The third-order valence-electron chi connectivity index (χ3n) is 7.04. The first-order chi connectivity index (χ1) is 18.0. The summed E-state index contributed by atoms with van der Waals surface area (Å²) in [7, 11) is 3.87. The number of carbonyl (C=O) groups excluding carboxylic acids is 1. The number of likely N-dealkylation sites (N-methyl/N-ethyl adjacent to an activating group) is 1. The van der Waals surface area contributed by atoms with Crippen LogP contribution in [0.3, 0.4) is 0 Å². The van der Waals surface area contributed by atoms with E-state index in [0.717, 1.165) is 27.7 Å². The number of aromatic amines is 1. The number of H-pyrrole nitrogens is 1. The Morgan fingerprint density at radius 2 is 1.78 bits per heavy atom. The Balaban J connectivity index is 1.53. The SMILES string of the molecule is CN(C)C(=S)[C@H]1Cc2c([nH]c3ccccc23)[C@@H](c2ccc3c(c2)OCO3)N1C(=O)C=Cc1ccccc1. The topological polar surface area (TPSA) is 57.8 Å². The highest BCUT2D eigenvalue weighted by molar-refractivity contribution is 7.80. The number of para-hydroxylation sites is 1. The summed E-state index contributed by atoms with van der Waals surface area (Å²) in [6.07, 6.45) is 4.13. The zero-order valence-corrected chi connectivity index (χ0v) is 21.5. The van der Waals surface area contributed by atoms with Gasteiger partial charge in [0.05, 0.1) is 12.1 Å². The third kappa shape index (κ3) is 4.15. The summed E-state index contributed by atoms with van der Waals surface area (Å²) in [5.41, 5.74) is 5.13. The molecule has 1 N–H and O–H groups in total. The van der Waals surface area contributed by atoms with Crippen molar-refractivity contribution in [3.05, 3.63) is 101 Å². The van der Waals surface area contributed by atoms with Crippen LogP contribution in [0.1, 0.15) is 28.4 Å². The van der Waals surface area contributed by atoms with Crippen molar-refractivity contribution < 1.29 is 14.3 Å². The number of hydrogen-bond donors (Lipinski definition) is 1. The van der Waals surface area contributed by atoms with Crippen LogP contribution in [0.4, 0.5) is 0 Å². The largest absolute Gasteiger partial charge is 0.454 e. The van der Waals surface area contributed by atoms with Gasteiger partial charge in [-0.25, -0.2) is 0 Å². The minimum absolute atomic E-state index is 0.106. The molecule has 6 nitrogen and oxygen atoms in total. The van der Waals surface area contributed by atoms with Crippen molar-refractivity contribution in [2.45, 2.75) is 18.5 Å². The van der Waals surface area contributed by atoms with Gasteiger partial charge in [-0.3, -0.25) is 4.79 Å². The van der Waals surface area contributed by atoms with Gasteiger partial charge < -0.3 is 24.3 Å². The normalized spacial score (nSPS) is 18.3. The van der Waals surface area contributed by atoms with Crippen molar-refractivity contribution in [2.75, 3.05) is 20.9 Å². The fourth-order valence-electron chi connectivity index (χ4n) is 5.30. The van der Waals surface area contributed by atoms with E-state index in [0.29, 0.717) is 22.9 Å². The molecule has 0 unspecified atom stereocenters. The number of aromatic nitrogens is 1. The zero-order valence-electron chi connectivity index (χ0n) is 20.7. The first kappa shape index (κ1) is 23.3. The van der Waals surface area contributed by atoms with Gasteiger partial charge in [-0.15, -0.1) is 0 Å². The number of amides is 1. The maximum atomic E-state index is 14.0. The average Bonchev–Trinajstić information content (AvgIpc) is 3.54. The fraction of sp³-hybridized carbons (Fsp3) is 0.200. The van der Waals surface area contributed by atoms with E-state index >= 15 is 0 Å². The van der Waals surface area contributed by atoms with Crippen molar-refractivity contribution in [3.8, 4) is 11.5 Å². The molecule has 0 saturated heterocycles. The molecule has 0 aliphatic carbocycles. The molecule has 7 heteroatoms. The van der Waals surface area contributed by atoms with Gasteiger partial charge in [0.25, 0.3) is 0 Å². The van der Waals surface area contributed by atoms with Crippen LogP contribution in [-0.2, 0) is 11.2 Å². The first-order valence-corrected chi connectivity index (χ1v) is 12.7. The molecule has 0 radical (unpaired) electrons. The second kappa shape index (κ2) is 9.41. The number of thiocarbonyl (C=S) groups is 1. The van der Waals surface area contributed by atoms with Crippen LogP contribution in [0.25, 0.3) is 17.0 Å². The Morgan fingerprint density at radius 1 is 1.03 bits per heavy atom. The Kier molecular flexibility index (Phi) is 5.93. The van der Waals surface area contributed by atoms with Crippen molar-refractivity contribution in [1.29, 1.82) is 0 Å². The molecule has 3 aromatic carbocycles. The molecule has 2 aliphatic rings. The van der Waals surface area contributed by atoms with Crippen LogP contribution >= 0.6 is 12.2 Å². The molecule has 1 aromatic heterocycles. The van der Waals surface area contributed by atoms with Crippen LogP contribution in [0.5, 0.6) is 11.5 Å². The summed E-state index contributed by atoms with van der Waals surface area (Å²) in [5.74, 6) is 1.28. The molecule has 2 atom stereocenters. The van der Waals surface area contributed by atoms with Crippen LogP contribution in [0.15, 0.2) is 78.9 Å². The number of rotatable bonds is 4. The van der Waals surface area contributed by atoms with E-state index in [1.54, 1.807) is 6.08 Å². The quantitative estimate of drug-likeness (QED) is 0.297. The summed E-state index contributed by atoms with van der Waals surface area (Å²) in [4.78, 5) is 22.2. The van der Waals surface area contributed by atoms with Crippen molar-refractivity contribution in [2.24, 2.45) is 0 Å². The lowest BCUT2D eigenvalue weighted by molar-refractivity contribution is -0.129. The minimum Gasteiger partial charge on any atom is -0.454 e. The molecule has 4 aromatic rings. The van der Waals surface area contributed by atoms with Crippen molar-refractivity contribution >= 4 is 40.1 Å². The fourth-order valence-corrected chi connectivity index (χ4v) is 5.50. The Morgan fingerprint density at radius 3 is 2.59 bits per heavy atom. The van der Waals surface area contributed by atoms with E-state index in [2.05, 4.69) is 17.1 Å². The highest BCUT2D eigenvalue weighted by Crippen LogP contribution is 2.44. The first-order valence-electron chi connectivity index (χ1n) is 12.3. The number of fused-ring (bicyclic) bond motifs is 4. The van der Waals surface area contributed by atoms with Crippen LogP contribution in [-0.4, -0.2) is 52.6 Å². The van der Waals surface area contributed by atoms with Gasteiger partial charge in [-0.2, -0.15) is 0 Å². The maximum absolute atomic E-state index is 14.0. The number of nitrogens with one attached hydrogen (secondary N) is 1. The highest BCUT2D eigenvalue weighted by Gasteiger charge is 2.42. The Labute approximate surface area is 221 Å². The molecule has 2 aliphatic heterocycles. The molecule has 3 heterocycles. The zero-order chi connectivity index (χ0) is 25.5. The molecule has 1 amide bonds. The van der Waals surface area contributed by atoms with Crippen LogP contribution in [0, 0.1) is 0 Å². The molecular weight excluding hydrogens is 482 g/mol. The van der Waals surface area contributed by atoms with Gasteiger partial charge in [0, 0.05) is 43.2 Å². The van der Waals surface area contributed by atoms with Gasteiger partial charge in [-0.1, -0.05) is 66.8 Å². The smallest absolute Gasteiger partial charge is 0.248 e. The second-order valence-electron chi connectivity index (χ2n) is 9.52. The second-order valence-corrected chi connectivity index (χ2v) is 9.94. The van der Waals surface area contributed by atoms with Gasteiger partial charge >= 0.3 is 0 Å². The van der Waals surface area contributed by atoms with E-state index < -0.39 is 0 Å². The van der Waals surface area contributed by atoms with Gasteiger partial charge in [-0.05, 0) is 41.0 Å². The van der Waals surface area contributed by atoms with Gasteiger partial charge in [0.2, 0.25) is 12.7 Å². The number of nitrogens with zero attached hydrogens (tertiary/aromatic N) is 2. The molecule has 0 spiro atoms. The molecule has 6 rings (SSSR count). The van der Waals surface area contributed by atoms with E-state index in [4.69, 9.17) is 21.7 Å². The van der Waals surface area contributed by atoms with Crippen molar-refractivity contribution in [3.63, 3.8) is 0 Å². The summed E-state index contributed by atoms with van der Waals surface area (Å²) < 4.78 is 11.3. The summed E-state index contributed by atoms with van der Waals surface area (Å²) in [5, 5.41) is 1.15. The average molecular weight is 510 g/mol.